The fourth-order valence-corrected chi connectivity index (χ4v) is 6.42. The summed E-state index contributed by atoms with van der Waals surface area (Å²) in [5.41, 5.74) is 15.1. The van der Waals surface area contributed by atoms with Crippen LogP contribution in [0.1, 0.15) is 69.2 Å². The molecule has 9 aromatic rings. The van der Waals surface area contributed by atoms with Crippen molar-refractivity contribution in [2.24, 2.45) is 0 Å². The molecule has 328 valence electrons. The zero-order valence-electron chi connectivity index (χ0n) is 40.2. The third-order valence-corrected chi connectivity index (χ3v) is 9.23. The minimum Gasteiger partial charge on any atom is -0.0683 e. The molecule has 0 heteroatoms. The molecule has 0 aromatic heterocycles. The molecule has 9 rings (SSSR count). The van der Waals surface area contributed by atoms with E-state index in [2.05, 4.69) is 218 Å². The van der Waals surface area contributed by atoms with E-state index in [4.69, 9.17) is 0 Å². The molecule has 0 atom stereocenters. The molecule has 0 heterocycles. The minimum absolute atomic E-state index is 1.26. The predicted molar refractivity (Wildman–Crippen MR) is 289 cm³/mol. The molecule has 9 aromatic carbocycles. The van der Waals surface area contributed by atoms with Gasteiger partial charge in [0.2, 0.25) is 0 Å². The lowest BCUT2D eigenvalue weighted by atomic mass is 9.99. The van der Waals surface area contributed by atoms with Crippen molar-refractivity contribution >= 4 is 0 Å². The van der Waals surface area contributed by atoms with Crippen LogP contribution >= 0.6 is 0 Å². The highest BCUT2D eigenvalue weighted by molar-refractivity contribution is 5.75. The maximum Gasteiger partial charge on any atom is -0.0178 e. The largest absolute Gasteiger partial charge is 0.0683 e. The molecule has 0 N–H and O–H groups in total. The van der Waals surface area contributed by atoms with E-state index >= 15 is 0 Å². The van der Waals surface area contributed by atoms with Gasteiger partial charge in [-0.2, -0.15) is 0 Å². The first kappa shape index (κ1) is 53.1. The van der Waals surface area contributed by atoms with Crippen LogP contribution in [0.3, 0.4) is 0 Å². The second kappa shape index (κ2) is 33.6. The first-order valence-electron chi connectivity index (χ1n) is 23.4. The van der Waals surface area contributed by atoms with E-state index in [-0.39, 0.29) is 0 Å². The third kappa shape index (κ3) is 17.8. The standard InChI is InChI=1S/3C18H14.5C2H6/c3*1-3-8-15(9-4-1)17-12-7-13-18(14-17)16-10-5-2-6-11-16;5*1-2/h3*1-14H;5*1-2H3. The summed E-state index contributed by atoms with van der Waals surface area (Å²) in [5.74, 6) is 0. The Morgan fingerprint density at radius 2 is 0.234 bits per heavy atom. The quantitative estimate of drug-likeness (QED) is 0.156. The van der Waals surface area contributed by atoms with Crippen molar-refractivity contribution in [2.45, 2.75) is 69.2 Å². The molecular formula is C64H72. The van der Waals surface area contributed by atoms with E-state index in [1.165, 1.54) is 66.8 Å². The topological polar surface area (TPSA) is 0 Å². The van der Waals surface area contributed by atoms with Gasteiger partial charge in [0.1, 0.15) is 0 Å². The number of rotatable bonds is 6. The van der Waals surface area contributed by atoms with Gasteiger partial charge in [0.25, 0.3) is 0 Å². The summed E-state index contributed by atoms with van der Waals surface area (Å²) >= 11 is 0. The highest BCUT2D eigenvalue weighted by Crippen LogP contribution is 2.28. The maximum absolute atomic E-state index is 2.24. The lowest BCUT2D eigenvalue weighted by molar-refractivity contribution is 1.50. The average Bonchev–Trinajstić information content (AvgIpc) is 3.43. The summed E-state index contributed by atoms with van der Waals surface area (Å²) in [7, 11) is 0. The van der Waals surface area contributed by atoms with Crippen molar-refractivity contribution in [3.63, 3.8) is 0 Å². The van der Waals surface area contributed by atoms with E-state index in [9.17, 15) is 0 Å². The Bertz CT molecular complexity index is 1990. The van der Waals surface area contributed by atoms with Crippen molar-refractivity contribution in [3.05, 3.63) is 255 Å². The molecule has 0 fully saturated rings. The van der Waals surface area contributed by atoms with Crippen molar-refractivity contribution < 1.29 is 0 Å². The molecule has 0 saturated heterocycles. The van der Waals surface area contributed by atoms with E-state index in [1.54, 1.807) is 0 Å². The summed E-state index contributed by atoms with van der Waals surface area (Å²) in [6.45, 7) is 20.0. The van der Waals surface area contributed by atoms with Gasteiger partial charge < -0.3 is 0 Å². The fourth-order valence-electron chi connectivity index (χ4n) is 6.42. The number of hydrogen-bond donors (Lipinski definition) is 0. The van der Waals surface area contributed by atoms with E-state index in [0.717, 1.165) is 0 Å². The van der Waals surface area contributed by atoms with Gasteiger partial charge in [-0.15, -0.1) is 0 Å². The third-order valence-electron chi connectivity index (χ3n) is 9.23. The zero-order chi connectivity index (χ0) is 46.6. The SMILES string of the molecule is CC.CC.CC.CC.CC.c1ccc(-c2cccc(-c3ccccc3)c2)cc1.c1ccc(-c2cccc(-c3ccccc3)c2)cc1.c1ccc(-c2cccc(-c3ccccc3)c2)cc1. The number of benzene rings is 9. The van der Waals surface area contributed by atoms with Gasteiger partial charge in [0.15, 0.2) is 0 Å². The van der Waals surface area contributed by atoms with Crippen molar-refractivity contribution in [3.8, 4) is 66.8 Å². The van der Waals surface area contributed by atoms with Crippen molar-refractivity contribution in [1.29, 1.82) is 0 Å². The van der Waals surface area contributed by atoms with E-state index in [1.807, 2.05) is 106 Å². The van der Waals surface area contributed by atoms with Crippen LogP contribution in [0.2, 0.25) is 0 Å². The van der Waals surface area contributed by atoms with Crippen LogP contribution in [-0.4, -0.2) is 0 Å². The van der Waals surface area contributed by atoms with Crippen LogP contribution in [0, 0.1) is 0 Å². The molecule has 0 amide bonds. The van der Waals surface area contributed by atoms with Gasteiger partial charge in [-0.25, -0.2) is 0 Å². The molecule has 0 unspecified atom stereocenters. The first-order valence-corrected chi connectivity index (χ1v) is 23.4. The predicted octanol–water partition coefficient (Wildman–Crippen LogP) is 20.2. The molecule has 0 nitrogen and oxygen atoms in total. The molecule has 64 heavy (non-hydrogen) atoms. The smallest absolute Gasteiger partial charge is 0.0178 e. The fraction of sp³-hybridized carbons (Fsp3) is 0.156. The molecule has 0 spiro atoms. The summed E-state index contributed by atoms with van der Waals surface area (Å²) in [5, 5.41) is 0. The molecule has 0 aliphatic rings. The van der Waals surface area contributed by atoms with Crippen LogP contribution in [0.15, 0.2) is 255 Å². The highest BCUT2D eigenvalue weighted by Gasteiger charge is 2.03. The van der Waals surface area contributed by atoms with Crippen LogP contribution in [0.4, 0.5) is 0 Å². The van der Waals surface area contributed by atoms with E-state index in [0.29, 0.717) is 0 Å². The average molecular weight is 841 g/mol. The van der Waals surface area contributed by atoms with Gasteiger partial charge >= 0.3 is 0 Å². The van der Waals surface area contributed by atoms with Gasteiger partial charge in [-0.05, 0) is 85.0 Å². The zero-order valence-corrected chi connectivity index (χ0v) is 40.2. The highest BCUT2D eigenvalue weighted by atomic mass is 14.1. The normalized spacial score (nSPS) is 9.09. The van der Waals surface area contributed by atoms with Crippen molar-refractivity contribution in [1.82, 2.24) is 0 Å². The lowest BCUT2D eigenvalue weighted by Gasteiger charge is -2.05. The van der Waals surface area contributed by atoms with Crippen LogP contribution in [-0.2, 0) is 0 Å². The monoisotopic (exact) mass is 841 g/mol. The molecule has 0 radical (unpaired) electrons. The molecule has 0 saturated carbocycles. The Morgan fingerprint density at radius 3 is 0.359 bits per heavy atom. The lowest BCUT2D eigenvalue weighted by Crippen LogP contribution is -1.80. The van der Waals surface area contributed by atoms with Crippen LogP contribution in [0.5, 0.6) is 0 Å². The second-order valence-corrected chi connectivity index (χ2v) is 12.9. The Labute approximate surface area is 389 Å². The Hall–Kier alpha value is -7.02. The van der Waals surface area contributed by atoms with Crippen molar-refractivity contribution in [2.75, 3.05) is 0 Å². The minimum atomic E-state index is 1.26. The maximum atomic E-state index is 2.24. The summed E-state index contributed by atoms with van der Waals surface area (Å²) in [4.78, 5) is 0. The Kier molecular flexibility index (Phi) is 27.9. The number of hydrogen-bond acceptors (Lipinski definition) is 0. The Morgan fingerprint density at radius 1 is 0.125 bits per heavy atom. The summed E-state index contributed by atoms with van der Waals surface area (Å²) < 4.78 is 0. The van der Waals surface area contributed by atoms with Crippen LogP contribution in [0.25, 0.3) is 66.8 Å². The van der Waals surface area contributed by atoms with Gasteiger partial charge in [-0.3, -0.25) is 0 Å². The van der Waals surface area contributed by atoms with Crippen LogP contribution < -0.4 is 0 Å². The molecule has 0 aliphatic heterocycles. The Balaban J connectivity index is 0.000000300. The van der Waals surface area contributed by atoms with Gasteiger partial charge in [0, 0.05) is 0 Å². The molecule has 0 aliphatic carbocycles. The molecular weight excluding hydrogens is 769 g/mol. The van der Waals surface area contributed by atoms with E-state index < -0.39 is 0 Å². The summed E-state index contributed by atoms with van der Waals surface area (Å²) in [6, 6.07) is 88.9. The summed E-state index contributed by atoms with van der Waals surface area (Å²) in [6.07, 6.45) is 0. The first-order chi connectivity index (χ1) is 31.8. The second-order valence-electron chi connectivity index (χ2n) is 12.9. The van der Waals surface area contributed by atoms with Gasteiger partial charge in [-0.1, -0.05) is 306 Å². The molecule has 0 bridgehead atoms. The van der Waals surface area contributed by atoms with Gasteiger partial charge in [0.05, 0.1) is 0 Å².